The lowest BCUT2D eigenvalue weighted by molar-refractivity contribution is 0.411. The molecular formula is C20H19ClN2O4S2. The van der Waals surface area contributed by atoms with Crippen molar-refractivity contribution in [3.05, 3.63) is 82.8 Å². The minimum Gasteiger partial charge on any atom is -0.496 e. The van der Waals surface area contributed by atoms with Gasteiger partial charge in [0.15, 0.2) is 0 Å². The van der Waals surface area contributed by atoms with Crippen LogP contribution in [0.25, 0.3) is 0 Å². The summed E-state index contributed by atoms with van der Waals surface area (Å²) in [4.78, 5) is 2.29. The van der Waals surface area contributed by atoms with E-state index in [2.05, 4.69) is 9.93 Å². The summed E-state index contributed by atoms with van der Waals surface area (Å²) in [5, 5.41) is 4.33. The summed E-state index contributed by atoms with van der Waals surface area (Å²) >= 11 is 7.48. The molecule has 0 saturated carbocycles. The van der Waals surface area contributed by atoms with E-state index in [0.717, 1.165) is 28.4 Å². The van der Waals surface area contributed by atoms with Gasteiger partial charge in [0.2, 0.25) is 0 Å². The van der Waals surface area contributed by atoms with Crippen LogP contribution in [0.2, 0.25) is 5.02 Å². The Labute approximate surface area is 179 Å². The topological polar surface area (TPSA) is 80.9 Å². The average molecular weight is 451 g/mol. The molecule has 0 unspecified atom stereocenters. The molecule has 0 radical (unpaired) electrons. The summed E-state index contributed by atoms with van der Waals surface area (Å²) in [6.45, 7) is 0. The molecular weight excluding hydrogens is 432 g/mol. The van der Waals surface area contributed by atoms with Gasteiger partial charge in [-0.05, 0) is 60.2 Å². The van der Waals surface area contributed by atoms with E-state index in [9.17, 15) is 8.42 Å². The van der Waals surface area contributed by atoms with Crippen LogP contribution in [-0.2, 0) is 21.5 Å². The van der Waals surface area contributed by atoms with E-state index in [1.807, 2.05) is 24.3 Å². The van der Waals surface area contributed by atoms with Crippen molar-refractivity contribution in [3.8, 4) is 5.75 Å². The highest BCUT2D eigenvalue weighted by atomic mass is 35.5. The minimum atomic E-state index is -3.76. The van der Waals surface area contributed by atoms with Gasteiger partial charge in [0, 0.05) is 16.3 Å². The molecule has 0 spiro atoms. The number of hydrazone groups is 1. The number of rotatable bonds is 9. The summed E-state index contributed by atoms with van der Waals surface area (Å²) in [6.07, 6.45) is 3.10. The standard InChI is InChI=1S/C20H19ClN2O4S2/c1-26-20-9-4-15(11-16(20)13-28-14-18-3-2-10-27-18)12-22-23-29(24,25)19-7-5-17(21)6-8-19/h2-12,23H,13-14H2,1H3/b22-12-. The highest BCUT2D eigenvalue weighted by Gasteiger charge is 2.12. The van der Waals surface area contributed by atoms with Crippen LogP contribution in [0.3, 0.4) is 0 Å². The van der Waals surface area contributed by atoms with Crippen molar-refractivity contribution < 1.29 is 17.6 Å². The number of hydrogen-bond donors (Lipinski definition) is 1. The van der Waals surface area contributed by atoms with Gasteiger partial charge in [0.25, 0.3) is 10.0 Å². The second-order valence-electron chi connectivity index (χ2n) is 5.95. The molecule has 29 heavy (non-hydrogen) atoms. The van der Waals surface area contributed by atoms with Crippen molar-refractivity contribution in [3.63, 3.8) is 0 Å². The average Bonchev–Trinajstić information content (AvgIpc) is 3.22. The molecule has 6 nitrogen and oxygen atoms in total. The molecule has 3 rings (SSSR count). The Kier molecular flexibility index (Phi) is 7.24. The predicted molar refractivity (Wildman–Crippen MR) is 116 cm³/mol. The van der Waals surface area contributed by atoms with E-state index in [1.54, 1.807) is 31.2 Å². The molecule has 0 aliphatic carbocycles. The zero-order valence-electron chi connectivity index (χ0n) is 15.5. The smallest absolute Gasteiger partial charge is 0.276 e. The fourth-order valence-electron chi connectivity index (χ4n) is 2.48. The highest BCUT2D eigenvalue weighted by Crippen LogP contribution is 2.26. The maximum atomic E-state index is 12.3. The molecule has 1 aromatic heterocycles. The zero-order chi connectivity index (χ0) is 20.7. The van der Waals surface area contributed by atoms with Gasteiger partial charge in [0.05, 0.1) is 30.2 Å². The van der Waals surface area contributed by atoms with Crippen LogP contribution >= 0.6 is 23.4 Å². The third kappa shape index (κ3) is 6.03. The van der Waals surface area contributed by atoms with Gasteiger partial charge < -0.3 is 9.15 Å². The molecule has 0 aliphatic heterocycles. The maximum Gasteiger partial charge on any atom is 0.276 e. The number of sulfonamides is 1. The van der Waals surface area contributed by atoms with E-state index in [4.69, 9.17) is 20.8 Å². The number of nitrogens with zero attached hydrogens (tertiary/aromatic N) is 1. The molecule has 0 aliphatic rings. The third-order valence-electron chi connectivity index (χ3n) is 3.90. The van der Waals surface area contributed by atoms with Crippen LogP contribution in [0.1, 0.15) is 16.9 Å². The summed E-state index contributed by atoms with van der Waals surface area (Å²) < 4.78 is 35.3. The van der Waals surface area contributed by atoms with Crippen molar-refractivity contribution in [2.24, 2.45) is 5.10 Å². The third-order valence-corrected chi connectivity index (χ3v) is 6.39. The number of nitrogens with one attached hydrogen (secondary N) is 1. The second-order valence-corrected chi connectivity index (χ2v) is 9.03. The van der Waals surface area contributed by atoms with Gasteiger partial charge in [-0.1, -0.05) is 11.6 Å². The lowest BCUT2D eigenvalue weighted by Gasteiger charge is -2.09. The van der Waals surface area contributed by atoms with Gasteiger partial charge in [-0.25, -0.2) is 4.83 Å². The fourth-order valence-corrected chi connectivity index (χ4v) is 4.31. The molecule has 152 valence electrons. The zero-order valence-corrected chi connectivity index (χ0v) is 17.9. The Bertz CT molecular complexity index is 1070. The Morgan fingerprint density at radius 1 is 1.17 bits per heavy atom. The first-order valence-electron chi connectivity index (χ1n) is 8.55. The Balaban J connectivity index is 1.66. The van der Waals surface area contributed by atoms with Crippen LogP contribution in [0.5, 0.6) is 5.75 Å². The first kappa shape index (κ1) is 21.3. The molecule has 0 atom stereocenters. The van der Waals surface area contributed by atoms with Gasteiger partial charge in [-0.15, -0.1) is 11.8 Å². The largest absolute Gasteiger partial charge is 0.496 e. The normalized spacial score (nSPS) is 11.7. The summed E-state index contributed by atoms with van der Waals surface area (Å²) in [6, 6.07) is 15.2. The van der Waals surface area contributed by atoms with E-state index < -0.39 is 10.0 Å². The Morgan fingerprint density at radius 3 is 2.66 bits per heavy atom. The van der Waals surface area contributed by atoms with Crippen molar-refractivity contribution in [2.75, 3.05) is 7.11 Å². The number of halogens is 1. The van der Waals surface area contributed by atoms with Crippen LogP contribution < -0.4 is 9.57 Å². The molecule has 0 amide bonds. The van der Waals surface area contributed by atoms with E-state index >= 15 is 0 Å². The van der Waals surface area contributed by atoms with Crippen molar-refractivity contribution in [1.29, 1.82) is 0 Å². The number of furan rings is 1. The van der Waals surface area contributed by atoms with Gasteiger partial charge in [-0.2, -0.15) is 13.5 Å². The number of hydrogen-bond acceptors (Lipinski definition) is 6. The lowest BCUT2D eigenvalue weighted by Crippen LogP contribution is -2.18. The lowest BCUT2D eigenvalue weighted by atomic mass is 10.1. The SMILES string of the molecule is COc1ccc(/C=N\NS(=O)(=O)c2ccc(Cl)cc2)cc1CSCc1ccco1. The first-order chi connectivity index (χ1) is 14.0. The maximum absolute atomic E-state index is 12.3. The first-order valence-corrected chi connectivity index (χ1v) is 11.6. The van der Waals surface area contributed by atoms with Gasteiger partial charge >= 0.3 is 0 Å². The molecule has 2 aromatic carbocycles. The fraction of sp³-hybridized carbons (Fsp3) is 0.150. The molecule has 1 heterocycles. The second kappa shape index (κ2) is 9.87. The number of ether oxygens (including phenoxy) is 1. The summed E-state index contributed by atoms with van der Waals surface area (Å²) in [5.41, 5.74) is 1.73. The van der Waals surface area contributed by atoms with E-state index in [-0.39, 0.29) is 4.90 Å². The van der Waals surface area contributed by atoms with Crippen LogP contribution in [0, 0.1) is 0 Å². The predicted octanol–water partition coefficient (Wildman–Crippen LogP) is 4.69. The molecule has 0 saturated heterocycles. The van der Waals surface area contributed by atoms with E-state index in [1.165, 1.54) is 30.5 Å². The van der Waals surface area contributed by atoms with Crippen LogP contribution in [0.15, 0.2) is 75.3 Å². The van der Waals surface area contributed by atoms with Crippen LogP contribution in [0.4, 0.5) is 0 Å². The van der Waals surface area contributed by atoms with Gasteiger partial charge in [-0.3, -0.25) is 0 Å². The monoisotopic (exact) mass is 450 g/mol. The quantitative estimate of drug-likeness (QED) is 0.378. The molecule has 1 N–H and O–H groups in total. The Morgan fingerprint density at radius 2 is 1.97 bits per heavy atom. The van der Waals surface area contributed by atoms with E-state index in [0.29, 0.717) is 10.8 Å². The number of methoxy groups -OCH3 is 1. The number of thioether (sulfide) groups is 1. The van der Waals surface area contributed by atoms with Crippen molar-refractivity contribution >= 4 is 39.6 Å². The highest BCUT2D eigenvalue weighted by molar-refractivity contribution is 7.97. The molecule has 3 aromatic rings. The minimum absolute atomic E-state index is 0.0868. The molecule has 0 bridgehead atoms. The van der Waals surface area contributed by atoms with Crippen molar-refractivity contribution in [1.82, 2.24) is 4.83 Å². The van der Waals surface area contributed by atoms with Crippen LogP contribution in [-0.4, -0.2) is 21.7 Å². The van der Waals surface area contributed by atoms with Crippen molar-refractivity contribution in [2.45, 2.75) is 16.4 Å². The number of benzene rings is 2. The molecule has 0 fully saturated rings. The Hall–Kier alpha value is -2.42. The summed E-state index contributed by atoms with van der Waals surface area (Å²) in [5.74, 6) is 3.12. The summed E-state index contributed by atoms with van der Waals surface area (Å²) in [7, 11) is -2.14. The molecule has 9 heteroatoms. The van der Waals surface area contributed by atoms with Gasteiger partial charge in [0.1, 0.15) is 11.5 Å².